The van der Waals surface area contributed by atoms with Crippen LogP contribution in [0.25, 0.3) is 0 Å². The minimum absolute atomic E-state index is 0.0427. The van der Waals surface area contributed by atoms with Gasteiger partial charge < -0.3 is 10.2 Å². The van der Waals surface area contributed by atoms with Crippen LogP contribution < -0.4 is 5.32 Å². The molecule has 1 saturated heterocycles. The topological polar surface area (TPSA) is 49.4 Å². The number of piperidine rings is 1. The number of hydrogen-bond acceptors (Lipinski definition) is 2. The van der Waals surface area contributed by atoms with Gasteiger partial charge in [-0.05, 0) is 49.6 Å². The molecule has 0 bridgehead atoms. The van der Waals surface area contributed by atoms with Crippen LogP contribution in [-0.2, 0) is 11.2 Å². The Hall–Kier alpha value is -2.69. The van der Waals surface area contributed by atoms with Crippen LogP contribution in [0.5, 0.6) is 0 Å². The van der Waals surface area contributed by atoms with Crippen molar-refractivity contribution in [3.8, 4) is 0 Å². The number of nitrogens with zero attached hydrogens (tertiary/aromatic N) is 1. The fourth-order valence-electron chi connectivity index (χ4n) is 3.17. The lowest BCUT2D eigenvalue weighted by atomic mass is 10.0. The van der Waals surface area contributed by atoms with Gasteiger partial charge in [0.1, 0.15) is 5.82 Å². The van der Waals surface area contributed by atoms with Crippen molar-refractivity contribution < 1.29 is 14.0 Å². The van der Waals surface area contributed by atoms with E-state index in [1.165, 1.54) is 12.1 Å². The second-order valence-electron chi connectivity index (χ2n) is 6.80. The number of carbonyl (C=O) groups excluding carboxylic acids is 2. The molecular weight excluding hydrogens is 331 g/mol. The molecule has 1 N–H and O–H groups in total. The minimum Gasteiger partial charge on any atom is -0.353 e. The van der Waals surface area contributed by atoms with E-state index in [4.69, 9.17) is 0 Å². The van der Waals surface area contributed by atoms with Crippen molar-refractivity contribution in [2.45, 2.75) is 32.2 Å². The Bertz CT molecular complexity index is 764. The van der Waals surface area contributed by atoms with Crippen molar-refractivity contribution in [2.75, 3.05) is 13.1 Å². The highest BCUT2D eigenvalue weighted by molar-refractivity contribution is 5.94. The van der Waals surface area contributed by atoms with Crippen molar-refractivity contribution in [1.29, 1.82) is 0 Å². The van der Waals surface area contributed by atoms with E-state index in [9.17, 15) is 14.0 Å². The van der Waals surface area contributed by atoms with Crippen LogP contribution in [0.3, 0.4) is 0 Å². The zero-order valence-electron chi connectivity index (χ0n) is 14.9. The standard InChI is InChI=1S/C21H23FN2O2/c1-15-2-6-17(7-3-15)21(26)24-12-10-19(11-13-24)23-20(25)14-16-4-8-18(22)9-5-16/h2-9,19H,10-14H2,1H3,(H,23,25). The van der Waals surface area contributed by atoms with E-state index in [1.54, 1.807) is 12.1 Å². The second kappa shape index (κ2) is 8.13. The molecule has 0 spiro atoms. The fraction of sp³-hybridized carbons (Fsp3) is 0.333. The minimum atomic E-state index is -0.306. The first-order chi connectivity index (χ1) is 12.5. The Kier molecular flexibility index (Phi) is 5.66. The normalized spacial score (nSPS) is 14.9. The van der Waals surface area contributed by atoms with E-state index in [2.05, 4.69) is 5.32 Å². The maximum absolute atomic E-state index is 12.9. The van der Waals surface area contributed by atoms with E-state index in [-0.39, 0.29) is 30.1 Å². The summed E-state index contributed by atoms with van der Waals surface area (Å²) in [6.45, 7) is 3.26. The van der Waals surface area contributed by atoms with Crippen LogP contribution in [-0.4, -0.2) is 35.8 Å². The van der Waals surface area contributed by atoms with Gasteiger partial charge in [0.05, 0.1) is 6.42 Å². The van der Waals surface area contributed by atoms with Crippen molar-refractivity contribution >= 4 is 11.8 Å². The molecular formula is C21H23FN2O2. The third kappa shape index (κ3) is 4.69. The number of benzene rings is 2. The quantitative estimate of drug-likeness (QED) is 0.917. The summed E-state index contributed by atoms with van der Waals surface area (Å²) in [4.78, 5) is 26.5. The molecule has 5 heteroatoms. The van der Waals surface area contributed by atoms with Crippen LogP contribution >= 0.6 is 0 Å². The number of rotatable bonds is 4. The fourth-order valence-corrected chi connectivity index (χ4v) is 3.17. The van der Waals surface area contributed by atoms with Gasteiger partial charge in [0.25, 0.3) is 5.91 Å². The second-order valence-corrected chi connectivity index (χ2v) is 6.80. The van der Waals surface area contributed by atoms with Gasteiger partial charge >= 0.3 is 0 Å². The first-order valence-electron chi connectivity index (χ1n) is 8.91. The Labute approximate surface area is 153 Å². The number of aryl methyl sites for hydroxylation is 1. The molecule has 0 aliphatic carbocycles. The number of likely N-dealkylation sites (tertiary alicyclic amines) is 1. The summed E-state index contributed by atoms with van der Waals surface area (Å²) in [7, 11) is 0. The maximum Gasteiger partial charge on any atom is 0.253 e. The highest BCUT2D eigenvalue weighted by atomic mass is 19.1. The molecule has 1 aliphatic heterocycles. The Morgan fingerprint density at radius 1 is 1.04 bits per heavy atom. The number of nitrogens with one attached hydrogen (secondary N) is 1. The van der Waals surface area contributed by atoms with E-state index >= 15 is 0 Å². The van der Waals surface area contributed by atoms with Crippen molar-refractivity contribution in [2.24, 2.45) is 0 Å². The molecule has 2 aromatic carbocycles. The van der Waals surface area contributed by atoms with Crippen LogP contribution in [0.15, 0.2) is 48.5 Å². The predicted octanol–water partition coefficient (Wildman–Crippen LogP) is 3.10. The summed E-state index contributed by atoms with van der Waals surface area (Å²) in [5, 5.41) is 3.02. The molecule has 2 aromatic rings. The number of carbonyl (C=O) groups is 2. The Balaban J connectivity index is 1.47. The van der Waals surface area contributed by atoms with Gasteiger partial charge in [-0.1, -0.05) is 29.8 Å². The van der Waals surface area contributed by atoms with Gasteiger partial charge in [-0.2, -0.15) is 0 Å². The summed E-state index contributed by atoms with van der Waals surface area (Å²) >= 11 is 0. The van der Waals surface area contributed by atoms with Crippen molar-refractivity contribution in [3.63, 3.8) is 0 Å². The lowest BCUT2D eigenvalue weighted by Crippen LogP contribution is -2.46. The molecule has 0 atom stereocenters. The van der Waals surface area contributed by atoms with Crippen molar-refractivity contribution in [1.82, 2.24) is 10.2 Å². The zero-order chi connectivity index (χ0) is 18.5. The zero-order valence-corrected chi connectivity index (χ0v) is 14.9. The highest BCUT2D eigenvalue weighted by Gasteiger charge is 2.24. The van der Waals surface area contributed by atoms with E-state index < -0.39 is 0 Å². The van der Waals surface area contributed by atoms with Gasteiger partial charge in [-0.3, -0.25) is 9.59 Å². The van der Waals surface area contributed by atoms with Gasteiger partial charge in [-0.25, -0.2) is 4.39 Å². The Morgan fingerprint density at radius 2 is 1.65 bits per heavy atom. The van der Waals surface area contributed by atoms with E-state index in [0.29, 0.717) is 18.7 Å². The maximum atomic E-state index is 12.9. The number of halogens is 1. The van der Waals surface area contributed by atoms with Gasteiger partial charge in [-0.15, -0.1) is 0 Å². The monoisotopic (exact) mass is 354 g/mol. The third-order valence-corrected chi connectivity index (χ3v) is 4.72. The van der Waals surface area contributed by atoms with Crippen LogP contribution in [0.4, 0.5) is 4.39 Å². The molecule has 0 unspecified atom stereocenters. The Morgan fingerprint density at radius 3 is 2.27 bits per heavy atom. The summed E-state index contributed by atoms with van der Waals surface area (Å²) in [6, 6.07) is 13.6. The van der Waals surface area contributed by atoms with Crippen LogP contribution in [0.1, 0.15) is 34.3 Å². The molecule has 1 fully saturated rings. The molecule has 4 nitrogen and oxygen atoms in total. The molecule has 1 aliphatic rings. The van der Waals surface area contributed by atoms with Gasteiger partial charge in [0.2, 0.25) is 5.91 Å². The van der Waals surface area contributed by atoms with Crippen molar-refractivity contribution in [3.05, 3.63) is 71.0 Å². The number of amides is 2. The predicted molar refractivity (Wildman–Crippen MR) is 98.4 cm³/mol. The lowest BCUT2D eigenvalue weighted by Gasteiger charge is -2.32. The van der Waals surface area contributed by atoms with Gasteiger partial charge in [0.15, 0.2) is 0 Å². The average Bonchev–Trinajstić information content (AvgIpc) is 2.64. The summed E-state index contributed by atoms with van der Waals surface area (Å²) in [5.74, 6) is -0.333. The van der Waals surface area contributed by atoms with E-state index in [0.717, 1.165) is 24.0 Å². The molecule has 3 rings (SSSR count). The molecule has 2 amide bonds. The molecule has 1 heterocycles. The van der Waals surface area contributed by atoms with Crippen LogP contribution in [0.2, 0.25) is 0 Å². The molecule has 136 valence electrons. The first-order valence-corrected chi connectivity index (χ1v) is 8.91. The summed E-state index contributed by atoms with van der Waals surface area (Å²) in [6.07, 6.45) is 1.72. The number of hydrogen-bond donors (Lipinski definition) is 1. The molecule has 0 aromatic heterocycles. The molecule has 0 radical (unpaired) electrons. The highest BCUT2D eigenvalue weighted by Crippen LogP contribution is 2.15. The third-order valence-electron chi connectivity index (χ3n) is 4.72. The summed E-state index contributed by atoms with van der Waals surface area (Å²) < 4.78 is 12.9. The molecule has 26 heavy (non-hydrogen) atoms. The van der Waals surface area contributed by atoms with Crippen LogP contribution in [0, 0.1) is 12.7 Å². The SMILES string of the molecule is Cc1ccc(C(=O)N2CCC(NC(=O)Cc3ccc(F)cc3)CC2)cc1. The largest absolute Gasteiger partial charge is 0.353 e. The average molecular weight is 354 g/mol. The van der Waals surface area contributed by atoms with E-state index in [1.807, 2.05) is 36.1 Å². The smallest absolute Gasteiger partial charge is 0.253 e. The van der Waals surface area contributed by atoms with Gasteiger partial charge in [0, 0.05) is 24.7 Å². The summed E-state index contributed by atoms with van der Waals surface area (Å²) in [5.41, 5.74) is 2.62. The lowest BCUT2D eigenvalue weighted by molar-refractivity contribution is -0.121. The molecule has 0 saturated carbocycles. The first kappa shape index (κ1) is 18.1.